The monoisotopic (exact) mass is 475 g/mol. The molecule has 0 saturated heterocycles. The number of H-pyrrole nitrogens is 1. The van der Waals surface area contributed by atoms with E-state index in [2.05, 4.69) is 49.6 Å². The number of nitrogens with zero attached hydrogens (tertiary/aromatic N) is 1. The Morgan fingerprint density at radius 1 is 0.588 bits per heavy atom. The number of nitrogens with one attached hydrogen (secondary N) is 1. The molecule has 1 N–H and O–H groups in total. The number of aromatic nitrogens is 2. The largest absolute Gasteiger partial charge is 0.257 e. The number of rotatable bonds is 25. The molecule has 1 rings (SSSR count). The zero-order valence-electron chi connectivity index (χ0n) is 24.0. The Bertz CT molecular complexity index is 535. The van der Waals surface area contributed by atoms with Gasteiger partial charge in [0.2, 0.25) is 0 Å². The molecule has 34 heavy (non-hydrogen) atoms. The molecule has 0 aliphatic carbocycles. The topological polar surface area (TPSA) is 19.7 Å². The summed E-state index contributed by atoms with van der Waals surface area (Å²) in [5, 5.41) is 0. The van der Waals surface area contributed by atoms with Crippen LogP contribution in [0.15, 0.2) is 12.4 Å². The fourth-order valence-electron chi connectivity index (χ4n) is 5.55. The van der Waals surface area contributed by atoms with Gasteiger partial charge in [0.15, 0.2) is 0 Å². The van der Waals surface area contributed by atoms with Crippen molar-refractivity contribution in [1.82, 2.24) is 4.98 Å². The lowest BCUT2D eigenvalue weighted by molar-refractivity contribution is -0.727. The van der Waals surface area contributed by atoms with Gasteiger partial charge in [0, 0.05) is 0 Å². The minimum Gasteiger partial charge on any atom is -0.247 e. The van der Waals surface area contributed by atoms with E-state index in [1.807, 2.05) is 0 Å². The maximum atomic E-state index is 3.61. The minimum atomic E-state index is 0.623. The van der Waals surface area contributed by atoms with Gasteiger partial charge in [-0.2, -0.15) is 0 Å². The molecule has 2 atom stereocenters. The van der Waals surface area contributed by atoms with Gasteiger partial charge in [-0.15, -0.1) is 0 Å². The first-order valence-corrected chi connectivity index (χ1v) is 15.8. The molecule has 2 nitrogen and oxygen atoms in total. The molecule has 0 saturated carbocycles. The minimum absolute atomic E-state index is 0.623. The molecule has 0 aliphatic heterocycles. The first kappa shape index (κ1) is 31.2. The van der Waals surface area contributed by atoms with Crippen LogP contribution in [-0.2, 0) is 0 Å². The number of unbranched alkanes of at least 4 members (excludes halogenated alkanes) is 18. The van der Waals surface area contributed by atoms with Gasteiger partial charge >= 0.3 is 0 Å². The maximum absolute atomic E-state index is 3.61. The van der Waals surface area contributed by atoms with E-state index in [1.54, 1.807) is 0 Å². The predicted octanol–water partition coefficient (Wildman–Crippen LogP) is 11.0. The highest BCUT2D eigenvalue weighted by Crippen LogP contribution is 2.24. The summed E-state index contributed by atoms with van der Waals surface area (Å²) in [6, 6.07) is 0.623. The Morgan fingerprint density at radius 2 is 1.00 bits per heavy atom. The van der Waals surface area contributed by atoms with E-state index in [0.29, 0.717) is 12.0 Å². The summed E-state index contributed by atoms with van der Waals surface area (Å²) < 4.78 is 2.55. The zero-order chi connectivity index (χ0) is 24.7. The van der Waals surface area contributed by atoms with E-state index >= 15 is 0 Å². The van der Waals surface area contributed by atoms with Gasteiger partial charge in [0.05, 0.1) is 12.0 Å². The summed E-state index contributed by atoms with van der Waals surface area (Å²) in [5.74, 6) is 2.17. The van der Waals surface area contributed by atoms with Crippen LogP contribution in [0.3, 0.4) is 0 Å². The van der Waals surface area contributed by atoms with E-state index < -0.39 is 0 Å². The fraction of sp³-hybridized carbons (Fsp3) is 0.906. The molecule has 0 radical (unpaired) electrons. The second kappa shape index (κ2) is 22.7. The fourth-order valence-corrected chi connectivity index (χ4v) is 5.55. The number of imidazole rings is 1. The van der Waals surface area contributed by atoms with Crippen LogP contribution < -0.4 is 4.57 Å². The zero-order valence-corrected chi connectivity index (χ0v) is 24.0. The van der Waals surface area contributed by atoms with Crippen LogP contribution in [0.5, 0.6) is 0 Å². The van der Waals surface area contributed by atoms with Gasteiger partial charge < -0.3 is 0 Å². The second-order valence-corrected chi connectivity index (χ2v) is 11.1. The third-order valence-electron chi connectivity index (χ3n) is 7.98. The van der Waals surface area contributed by atoms with Crippen LogP contribution in [0, 0.1) is 0 Å². The summed E-state index contributed by atoms with van der Waals surface area (Å²) in [4.78, 5) is 3.61. The first-order valence-electron chi connectivity index (χ1n) is 15.8. The van der Waals surface area contributed by atoms with Crippen LogP contribution in [0.4, 0.5) is 0 Å². The Morgan fingerprint density at radius 3 is 1.44 bits per heavy atom. The van der Waals surface area contributed by atoms with Crippen LogP contribution >= 0.6 is 0 Å². The molecule has 1 heterocycles. The maximum Gasteiger partial charge on any atom is 0.257 e. The number of hydrogen-bond acceptors (Lipinski definition) is 0. The lowest BCUT2D eigenvalue weighted by Crippen LogP contribution is -2.41. The van der Waals surface area contributed by atoms with Crippen molar-refractivity contribution in [2.75, 3.05) is 0 Å². The molecule has 1 aromatic rings. The van der Waals surface area contributed by atoms with Crippen molar-refractivity contribution < 1.29 is 4.57 Å². The van der Waals surface area contributed by atoms with Crippen LogP contribution in [0.2, 0.25) is 0 Å². The predicted molar refractivity (Wildman–Crippen MR) is 152 cm³/mol. The van der Waals surface area contributed by atoms with Crippen LogP contribution in [0.25, 0.3) is 0 Å². The van der Waals surface area contributed by atoms with Gasteiger partial charge in [-0.25, -0.2) is 9.55 Å². The normalized spacial score (nSPS) is 13.4. The van der Waals surface area contributed by atoms with Crippen molar-refractivity contribution in [1.29, 1.82) is 0 Å². The standard InChI is InChI=1S/C32H62N2/c1-5-8-10-12-13-14-15-16-17-18-19-20-21-23-25-27-31(7-3)32-33-28-29-34(32)30(4)26-24-22-11-9-6-2/h28-31H,5-27H2,1-4H3/p+1. The molecular formula is C32H63N2+. The Kier molecular flexibility index (Phi) is 20.8. The highest BCUT2D eigenvalue weighted by molar-refractivity contribution is 4.89. The molecule has 0 spiro atoms. The van der Waals surface area contributed by atoms with Crippen molar-refractivity contribution in [2.45, 2.75) is 187 Å². The lowest BCUT2D eigenvalue weighted by Gasteiger charge is -2.16. The molecule has 2 unspecified atom stereocenters. The second-order valence-electron chi connectivity index (χ2n) is 11.1. The third kappa shape index (κ3) is 15.3. The molecule has 0 fully saturated rings. The van der Waals surface area contributed by atoms with Gasteiger partial charge in [0.25, 0.3) is 5.82 Å². The van der Waals surface area contributed by atoms with Gasteiger partial charge in [-0.05, 0) is 32.6 Å². The van der Waals surface area contributed by atoms with E-state index in [4.69, 9.17) is 0 Å². The van der Waals surface area contributed by atoms with Crippen molar-refractivity contribution in [3.05, 3.63) is 18.2 Å². The van der Waals surface area contributed by atoms with Crippen molar-refractivity contribution in [2.24, 2.45) is 0 Å². The highest BCUT2D eigenvalue weighted by atomic mass is 15.1. The molecule has 0 amide bonds. The number of aromatic amines is 1. The van der Waals surface area contributed by atoms with Gasteiger partial charge in [-0.1, -0.05) is 143 Å². The molecule has 0 aliphatic rings. The van der Waals surface area contributed by atoms with E-state index in [-0.39, 0.29) is 0 Å². The number of hydrogen-bond donors (Lipinski definition) is 1. The van der Waals surface area contributed by atoms with E-state index in [0.717, 1.165) is 0 Å². The highest BCUT2D eigenvalue weighted by Gasteiger charge is 2.24. The van der Waals surface area contributed by atoms with Crippen LogP contribution in [-0.4, -0.2) is 4.98 Å². The summed E-state index contributed by atoms with van der Waals surface area (Å²) in [6.07, 6.45) is 37.0. The summed E-state index contributed by atoms with van der Waals surface area (Å²) in [5.41, 5.74) is 0. The average Bonchev–Trinajstić information content (AvgIpc) is 3.33. The smallest absolute Gasteiger partial charge is 0.247 e. The summed E-state index contributed by atoms with van der Waals surface area (Å²) in [7, 11) is 0. The SMILES string of the molecule is CCCCCCCCCCCCCCCCCC(CC)c1[nH]cc[n+]1C(C)CCCCCCC. The van der Waals surface area contributed by atoms with Crippen molar-refractivity contribution >= 4 is 0 Å². The van der Waals surface area contributed by atoms with Crippen molar-refractivity contribution in [3.63, 3.8) is 0 Å². The van der Waals surface area contributed by atoms with Gasteiger partial charge in [0.1, 0.15) is 12.4 Å². The van der Waals surface area contributed by atoms with E-state index in [1.165, 1.54) is 154 Å². The Hall–Kier alpha value is -0.790. The van der Waals surface area contributed by atoms with Crippen LogP contribution in [0.1, 0.15) is 193 Å². The molecule has 200 valence electrons. The van der Waals surface area contributed by atoms with E-state index in [9.17, 15) is 0 Å². The Labute approximate surface area is 215 Å². The van der Waals surface area contributed by atoms with Gasteiger partial charge in [-0.3, -0.25) is 0 Å². The van der Waals surface area contributed by atoms with Crippen molar-refractivity contribution in [3.8, 4) is 0 Å². The molecular weight excluding hydrogens is 412 g/mol. The lowest BCUT2D eigenvalue weighted by atomic mass is 9.96. The molecule has 1 aromatic heterocycles. The quantitative estimate of drug-likeness (QED) is 0.107. The molecule has 0 aromatic carbocycles. The molecule has 0 bridgehead atoms. The Balaban J connectivity index is 2.08. The molecule has 2 heteroatoms. The third-order valence-corrected chi connectivity index (χ3v) is 7.98. The summed E-state index contributed by atoms with van der Waals surface area (Å²) in [6.45, 7) is 9.39. The first-order chi connectivity index (χ1) is 16.7. The summed E-state index contributed by atoms with van der Waals surface area (Å²) >= 11 is 0. The average molecular weight is 476 g/mol.